The van der Waals surface area contributed by atoms with Gasteiger partial charge < -0.3 is 15.3 Å². The van der Waals surface area contributed by atoms with E-state index in [0.29, 0.717) is 12.6 Å². The van der Waals surface area contributed by atoms with Crippen LogP contribution >= 0.6 is 0 Å². The fourth-order valence-corrected chi connectivity index (χ4v) is 1.59. The lowest BCUT2D eigenvalue weighted by molar-refractivity contribution is 0.117. The maximum Gasteiger partial charge on any atom is 0.317 e. The highest BCUT2D eigenvalue weighted by atomic mass is 16.3. The van der Waals surface area contributed by atoms with Crippen molar-refractivity contribution in [2.24, 2.45) is 0 Å². The van der Waals surface area contributed by atoms with Crippen molar-refractivity contribution >= 4 is 6.03 Å². The van der Waals surface area contributed by atoms with Crippen LogP contribution in [0.25, 0.3) is 0 Å². The standard InChI is InChI=1S/C10H20N2O2/c1-8(2)11-10(14)12(6-7-13)9-4-3-5-9/h8-9,13H,3-7H2,1-2H3,(H,11,14). The summed E-state index contributed by atoms with van der Waals surface area (Å²) in [4.78, 5) is 13.4. The predicted molar refractivity (Wildman–Crippen MR) is 55.1 cm³/mol. The Hall–Kier alpha value is -0.770. The van der Waals surface area contributed by atoms with Crippen molar-refractivity contribution in [1.29, 1.82) is 0 Å². The van der Waals surface area contributed by atoms with E-state index >= 15 is 0 Å². The van der Waals surface area contributed by atoms with Gasteiger partial charge in [0.25, 0.3) is 0 Å². The van der Waals surface area contributed by atoms with Crippen LogP contribution in [0.4, 0.5) is 4.79 Å². The van der Waals surface area contributed by atoms with Crippen LogP contribution in [0.5, 0.6) is 0 Å². The highest BCUT2D eigenvalue weighted by Gasteiger charge is 2.28. The Morgan fingerprint density at radius 1 is 1.57 bits per heavy atom. The lowest BCUT2D eigenvalue weighted by Crippen LogP contribution is -2.51. The van der Waals surface area contributed by atoms with Gasteiger partial charge in [-0.3, -0.25) is 0 Å². The molecular weight excluding hydrogens is 180 g/mol. The number of carbonyl (C=O) groups excluding carboxylic acids is 1. The Kier molecular flexibility index (Phi) is 4.20. The van der Waals surface area contributed by atoms with Crippen LogP contribution < -0.4 is 5.32 Å². The summed E-state index contributed by atoms with van der Waals surface area (Å²) in [6, 6.07) is 0.461. The molecule has 2 N–H and O–H groups in total. The molecule has 82 valence electrons. The average molecular weight is 200 g/mol. The maximum atomic E-state index is 11.7. The summed E-state index contributed by atoms with van der Waals surface area (Å²) >= 11 is 0. The Balaban J connectivity index is 2.43. The van der Waals surface area contributed by atoms with Gasteiger partial charge in [-0.15, -0.1) is 0 Å². The van der Waals surface area contributed by atoms with Gasteiger partial charge in [0.1, 0.15) is 0 Å². The SMILES string of the molecule is CC(C)NC(=O)N(CCO)C1CCC1. The van der Waals surface area contributed by atoms with Crippen molar-refractivity contribution < 1.29 is 9.90 Å². The van der Waals surface area contributed by atoms with E-state index < -0.39 is 0 Å². The first-order valence-electron chi connectivity index (χ1n) is 5.33. The lowest BCUT2D eigenvalue weighted by atomic mass is 9.92. The molecular formula is C10H20N2O2. The summed E-state index contributed by atoms with van der Waals surface area (Å²) in [5.41, 5.74) is 0. The van der Waals surface area contributed by atoms with Gasteiger partial charge in [0.15, 0.2) is 0 Å². The number of urea groups is 1. The van der Waals surface area contributed by atoms with E-state index in [2.05, 4.69) is 5.32 Å². The average Bonchev–Trinajstić information content (AvgIpc) is 1.98. The smallest absolute Gasteiger partial charge is 0.317 e. The number of hydrogen-bond acceptors (Lipinski definition) is 2. The molecule has 0 aromatic rings. The summed E-state index contributed by atoms with van der Waals surface area (Å²) in [6.45, 7) is 4.37. The van der Waals surface area contributed by atoms with Crippen LogP contribution in [0.2, 0.25) is 0 Å². The molecule has 0 aromatic carbocycles. The highest BCUT2D eigenvalue weighted by molar-refractivity contribution is 5.74. The molecule has 1 aliphatic rings. The van der Waals surface area contributed by atoms with Crippen LogP contribution in [0.1, 0.15) is 33.1 Å². The van der Waals surface area contributed by atoms with Gasteiger partial charge in [-0.1, -0.05) is 0 Å². The summed E-state index contributed by atoms with van der Waals surface area (Å²) in [7, 11) is 0. The molecule has 0 aliphatic heterocycles. The van der Waals surface area contributed by atoms with Gasteiger partial charge in [-0.25, -0.2) is 4.79 Å². The van der Waals surface area contributed by atoms with E-state index in [1.54, 1.807) is 4.90 Å². The molecule has 4 nitrogen and oxygen atoms in total. The number of nitrogens with one attached hydrogen (secondary N) is 1. The first-order chi connectivity index (χ1) is 6.65. The van der Waals surface area contributed by atoms with E-state index in [0.717, 1.165) is 12.8 Å². The topological polar surface area (TPSA) is 52.6 Å². The molecule has 0 bridgehead atoms. The Morgan fingerprint density at radius 2 is 2.21 bits per heavy atom. The third-order valence-electron chi connectivity index (χ3n) is 2.53. The van der Waals surface area contributed by atoms with Gasteiger partial charge in [0.05, 0.1) is 6.61 Å². The monoisotopic (exact) mass is 200 g/mol. The maximum absolute atomic E-state index is 11.7. The van der Waals surface area contributed by atoms with Gasteiger partial charge in [-0.05, 0) is 33.1 Å². The first-order valence-corrected chi connectivity index (χ1v) is 5.33. The number of aliphatic hydroxyl groups is 1. The van der Waals surface area contributed by atoms with Gasteiger partial charge in [-0.2, -0.15) is 0 Å². The third-order valence-corrected chi connectivity index (χ3v) is 2.53. The number of carbonyl (C=O) groups is 1. The molecule has 1 fully saturated rings. The van der Waals surface area contributed by atoms with Gasteiger partial charge >= 0.3 is 6.03 Å². The van der Waals surface area contributed by atoms with E-state index in [1.807, 2.05) is 13.8 Å². The van der Waals surface area contributed by atoms with Crippen molar-refractivity contribution in [2.75, 3.05) is 13.2 Å². The van der Waals surface area contributed by atoms with E-state index in [1.165, 1.54) is 6.42 Å². The van der Waals surface area contributed by atoms with Crippen molar-refractivity contribution in [3.63, 3.8) is 0 Å². The van der Waals surface area contributed by atoms with Gasteiger partial charge in [0, 0.05) is 18.6 Å². The Morgan fingerprint density at radius 3 is 2.57 bits per heavy atom. The van der Waals surface area contributed by atoms with Crippen molar-refractivity contribution in [1.82, 2.24) is 10.2 Å². The van der Waals surface area contributed by atoms with Crippen LogP contribution in [-0.2, 0) is 0 Å². The van der Waals surface area contributed by atoms with Crippen LogP contribution in [-0.4, -0.2) is 41.3 Å². The number of rotatable bonds is 4. The second-order valence-electron chi connectivity index (χ2n) is 4.11. The largest absolute Gasteiger partial charge is 0.395 e. The molecule has 0 aromatic heterocycles. The zero-order valence-electron chi connectivity index (χ0n) is 8.99. The highest BCUT2D eigenvalue weighted by Crippen LogP contribution is 2.24. The van der Waals surface area contributed by atoms with E-state index in [-0.39, 0.29) is 18.7 Å². The summed E-state index contributed by atoms with van der Waals surface area (Å²) in [5, 5.41) is 11.7. The molecule has 1 aliphatic carbocycles. The minimum atomic E-state index is -0.0428. The molecule has 0 spiro atoms. The molecule has 0 atom stereocenters. The zero-order valence-corrected chi connectivity index (χ0v) is 8.99. The Bertz CT molecular complexity index is 191. The van der Waals surface area contributed by atoms with Crippen molar-refractivity contribution in [2.45, 2.75) is 45.2 Å². The summed E-state index contributed by atoms with van der Waals surface area (Å²) in [6.07, 6.45) is 3.35. The molecule has 0 radical (unpaired) electrons. The quantitative estimate of drug-likeness (QED) is 0.710. The van der Waals surface area contributed by atoms with Crippen LogP contribution in [0.3, 0.4) is 0 Å². The summed E-state index contributed by atoms with van der Waals surface area (Å²) in [5.74, 6) is 0. The predicted octanol–water partition coefficient (Wildman–Crippen LogP) is 0.951. The zero-order chi connectivity index (χ0) is 10.6. The molecule has 1 saturated carbocycles. The summed E-state index contributed by atoms with van der Waals surface area (Å²) < 4.78 is 0. The number of aliphatic hydroxyl groups excluding tert-OH is 1. The minimum absolute atomic E-state index is 0.0428. The second-order valence-corrected chi connectivity index (χ2v) is 4.11. The first kappa shape index (κ1) is 11.3. The van der Waals surface area contributed by atoms with E-state index in [4.69, 9.17) is 5.11 Å². The van der Waals surface area contributed by atoms with Crippen molar-refractivity contribution in [3.05, 3.63) is 0 Å². The van der Waals surface area contributed by atoms with E-state index in [9.17, 15) is 4.79 Å². The number of hydrogen-bond donors (Lipinski definition) is 2. The molecule has 1 rings (SSSR count). The fraction of sp³-hybridized carbons (Fsp3) is 0.900. The fourth-order valence-electron chi connectivity index (χ4n) is 1.59. The molecule has 0 unspecified atom stereocenters. The van der Waals surface area contributed by atoms with Crippen LogP contribution in [0.15, 0.2) is 0 Å². The lowest BCUT2D eigenvalue weighted by Gasteiger charge is -2.37. The van der Waals surface area contributed by atoms with Crippen LogP contribution in [0, 0.1) is 0 Å². The molecule has 0 heterocycles. The van der Waals surface area contributed by atoms with Crippen molar-refractivity contribution in [3.8, 4) is 0 Å². The molecule has 2 amide bonds. The molecule has 0 saturated heterocycles. The number of nitrogens with zero attached hydrogens (tertiary/aromatic N) is 1. The molecule has 14 heavy (non-hydrogen) atoms. The number of amides is 2. The second kappa shape index (κ2) is 5.20. The Labute approximate surface area is 85.3 Å². The van der Waals surface area contributed by atoms with Gasteiger partial charge in [0.2, 0.25) is 0 Å². The minimum Gasteiger partial charge on any atom is -0.395 e. The third kappa shape index (κ3) is 2.87. The normalized spacial score (nSPS) is 16.6. The molecule has 4 heteroatoms.